The Hall–Kier alpha value is -1.73. The van der Waals surface area contributed by atoms with Crippen molar-refractivity contribution >= 4 is 26.7 Å². The zero-order valence-corrected chi connectivity index (χ0v) is 36.8. The largest absolute Gasteiger partial charge is 0.501 e. The molecule has 1 unspecified atom stereocenters. The van der Waals surface area contributed by atoms with Crippen molar-refractivity contribution in [1.29, 1.82) is 0 Å². The van der Waals surface area contributed by atoms with Crippen LogP contribution in [0.1, 0.15) is 89.5 Å². The molecule has 0 amide bonds. The van der Waals surface area contributed by atoms with Gasteiger partial charge >= 0.3 is 26.7 Å². The Kier molecular flexibility index (Phi) is 23.1. The molecule has 0 aromatic heterocycles. The number of β-amino-alcohol motifs (C(OH)–C–C–N with tert-alkyl or cyclic N) is 1. The summed E-state index contributed by atoms with van der Waals surface area (Å²) in [5, 5.41) is 11.1. The molecule has 1 aliphatic heterocycles. The predicted molar refractivity (Wildman–Crippen MR) is 210 cm³/mol. The van der Waals surface area contributed by atoms with E-state index in [2.05, 4.69) is 4.90 Å². The standard InChI is InChI=1S/C38H76N4O11Si/c1-13-48-54(49-14-2,50-15-3)26-16-25-47-31-32(43)27-39-17-19-40(28-33(44)51-36(4,5)6)21-23-42(30-35(46)53-38(10,11)12)24-22-41(20-18-39)29-34(45)52-37(7,8)9/h32,43H,13-31H2,1-12H3. The summed E-state index contributed by atoms with van der Waals surface area (Å²) < 4.78 is 40.7. The topological polar surface area (TPSA) is 149 Å². The Morgan fingerprint density at radius 2 is 0.889 bits per heavy atom. The smallest absolute Gasteiger partial charge is 0.459 e. The number of nitrogens with zero attached hydrogens (tertiary/aromatic N) is 4. The second-order valence-corrected chi connectivity index (χ2v) is 19.4. The fourth-order valence-electron chi connectivity index (χ4n) is 5.87. The minimum atomic E-state index is -2.77. The first-order chi connectivity index (χ1) is 25.1. The van der Waals surface area contributed by atoms with Crippen molar-refractivity contribution in [2.24, 2.45) is 0 Å². The minimum absolute atomic E-state index is 0.0716. The lowest BCUT2D eigenvalue weighted by Crippen LogP contribution is -2.50. The normalized spacial score (nSPS) is 17.7. The Bertz CT molecular complexity index is 1020. The molecule has 1 saturated heterocycles. The van der Waals surface area contributed by atoms with Crippen molar-refractivity contribution in [3.63, 3.8) is 0 Å². The zero-order chi connectivity index (χ0) is 41.0. The number of aliphatic hydroxyl groups excluding tert-OH is 1. The lowest BCUT2D eigenvalue weighted by molar-refractivity contribution is -0.158. The van der Waals surface area contributed by atoms with Gasteiger partial charge in [0, 0.05) is 91.4 Å². The molecule has 54 heavy (non-hydrogen) atoms. The lowest BCUT2D eigenvalue weighted by atomic mass is 10.2. The Labute approximate surface area is 327 Å². The molecule has 1 fully saturated rings. The van der Waals surface area contributed by atoms with Crippen LogP contribution in [0.15, 0.2) is 0 Å². The third-order valence-electron chi connectivity index (χ3n) is 7.89. The van der Waals surface area contributed by atoms with E-state index in [0.717, 1.165) is 0 Å². The maximum atomic E-state index is 13.0. The highest BCUT2D eigenvalue weighted by Gasteiger charge is 2.39. The zero-order valence-electron chi connectivity index (χ0n) is 35.8. The Balaban J connectivity index is 3.13. The number of ether oxygens (including phenoxy) is 4. The van der Waals surface area contributed by atoms with Crippen LogP contribution in [0.2, 0.25) is 6.04 Å². The van der Waals surface area contributed by atoms with Crippen molar-refractivity contribution < 1.29 is 51.7 Å². The van der Waals surface area contributed by atoms with Gasteiger partial charge in [0.1, 0.15) is 16.8 Å². The molecule has 1 N–H and O–H groups in total. The van der Waals surface area contributed by atoms with Crippen LogP contribution >= 0.6 is 0 Å². The number of hydrogen-bond acceptors (Lipinski definition) is 15. The van der Waals surface area contributed by atoms with E-state index in [1.54, 1.807) is 0 Å². The molecule has 0 bridgehead atoms. The second-order valence-electron chi connectivity index (χ2n) is 16.7. The van der Waals surface area contributed by atoms with Crippen molar-refractivity contribution in [1.82, 2.24) is 19.6 Å². The van der Waals surface area contributed by atoms with Crippen LogP contribution in [0.5, 0.6) is 0 Å². The molecule has 1 aliphatic rings. The van der Waals surface area contributed by atoms with Crippen molar-refractivity contribution in [2.75, 3.05) is 112 Å². The SMILES string of the molecule is CCO[Si](CCCOCC(O)CN1CCN(CC(=O)OC(C)(C)C)CCN(CC(=O)OC(C)(C)C)CCN(CC(=O)OC(C)(C)C)CC1)(OCC)OCC. The van der Waals surface area contributed by atoms with Gasteiger partial charge < -0.3 is 37.3 Å². The summed E-state index contributed by atoms with van der Waals surface area (Å²) in [4.78, 5) is 47.0. The van der Waals surface area contributed by atoms with Gasteiger partial charge in [-0.15, -0.1) is 0 Å². The van der Waals surface area contributed by atoms with Crippen LogP contribution in [0.3, 0.4) is 0 Å². The highest BCUT2D eigenvalue weighted by Crippen LogP contribution is 2.18. The molecule has 0 radical (unpaired) electrons. The van der Waals surface area contributed by atoms with Gasteiger partial charge in [0.25, 0.3) is 0 Å². The third kappa shape index (κ3) is 24.7. The molecule has 0 spiro atoms. The fourth-order valence-corrected chi connectivity index (χ4v) is 8.45. The van der Waals surface area contributed by atoms with Gasteiger partial charge in [-0.2, -0.15) is 0 Å². The van der Waals surface area contributed by atoms with Crippen molar-refractivity contribution in [3.05, 3.63) is 0 Å². The average molecular weight is 793 g/mol. The summed E-state index contributed by atoms with van der Waals surface area (Å²) in [5.41, 5.74) is -1.88. The van der Waals surface area contributed by atoms with Gasteiger partial charge in [-0.25, -0.2) is 0 Å². The number of carbonyl (C=O) groups excluding carboxylic acids is 3. The van der Waals surface area contributed by atoms with Gasteiger partial charge in [0.2, 0.25) is 0 Å². The Morgan fingerprint density at radius 1 is 0.574 bits per heavy atom. The van der Waals surface area contributed by atoms with Gasteiger partial charge in [0.05, 0.1) is 32.3 Å². The fraction of sp³-hybridized carbons (Fsp3) is 0.921. The summed E-state index contributed by atoms with van der Waals surface area (Å²) >= 11 is 0. The van der Waals surface area contributed by atoms with E-state index >= 15 is 0 Å². The molecule has 0 aromatic rings. The molecule has 1 atom stereocenters. The first-order valence-corrected chi connectivity index (χ1v) is 21.7. The number of carbonyl (C=O) groups is 3. The first kappa shape index (κ1) is 50.3. The predicted octanol–water partition coefficient (Wildman–Crippen LogP) is 3.05. The van der Waals surface area contributed by atoms with Crippen molar-refractivity contribution in [2.45, 2.75) is 118 Å². The van der Waals surface area contributed by atoms with E-state index in [1.165, 1.54) is 0 Å². The minimum Gasteiger partial charge on any atom is -0.459 e. The maximum Gasteiger partial charge on any atom is 0.501 e. The number of rotatable bonds is 20. The molecule has 0 saturated carbocycles. The third-order valence-corrected chi connectivity index (χ3v) is 11.0. The average Bonchev–Trinajstić information content (AvgIpc) is 2.99. The quantitative estimate of drug-likeness (QED) is 0.0833. The molecule has 15 nitrogen and oxygen atoms in total. The highest BCUT2D eigenvalue weighted by molar-refractivity contribution is 6.60. The van der Waals surface area contributed by atoms with Crippen LogP contribution in [0.25, 0.3) is 0 Å². The first-order valence-electron chi connectivity index (χ1n) is 19.8. The van der Waals surface area contributed by atoms with Gasteiger partial charge in [-0.3, -0.25) is 34.0 Å². The molecular formula is C38H76N4O11Si. The van der Waals surface area contributed by atoms with E-state index < -0.39 is 31.7 Å². The van der Waals surface area contributed by atoms with E-state index in [-0.39, 0.29) is 44.1 Å². The second kappa shape index (κ2) is 24.8. The highest BCUT2D eigenvalue weighted by atomic mass is 28.4. The summed E-state index contributed by atoms with van der Waals surface area (Å²) in [5.74, 6) is -1.00. The summed E-state index contributed by atoms with van der Waals surface area (Å²) in [7, 11) is -2.77. The van der Waals surface area contributed by atoms with Gasteiger partial charge in [0.15, 0.2) is 0 Å². The van der Waals surface area contributed by atoms with E-state index in [1.807, 2.05) is 97.8 Å². The van der Waals surface area contributed by atoms with Crippen LogP contribution in [0.4, 0.5) is 0 Å². The summed E-state index contributed by atoms with van der Waals surface area (Å²) in [6.45, 7) is 29.1. The molecule has 1 rings (SSSR count). The molecular weight excluding hydrogens is 717 g/mol. The van der Waals surface area contributed by atoms with Gasteiger partial charge in [-0.1, -0.05) is 0 Å². The van der Waals surface area contributed by atoms with Crippen LogP contribution in [0, 0.1) is 0 Å². The molecule has 0 aromatic carbocycles. The van der Waals surface area contributed by atoms with Crippen molar-refractivity contribution in [3.8, 4) is 0 Å². The van der Waals surface area contributed by atoms with E-state index in [9.17, 15) is 19.5 Å². The number of esters is 3. The molecule has 1 heterocycles. The molecule has 16 heteroatoms. The monoisotopic (exact) mass is 793 g/mol. The summed E-state index contributed by atoms with van der Waals surface area (Å²) in [6, 6.07) is 0.626. The van der Waals surface area contributed by atoms with Crippen LogP contribution < -0.4 is 0 Å². The van der Waals surface area contributed by atoms with E-state index in [4.69, 9.17) is 32.2 Å². The van der Waals surface area contributed by atoms with Gasteiger partial charge in [-0.05, 0) is 89.5 Å². The lowest BCUT2D eigenvalue weighted by Gasteiger charge is -2.35. The molecule has 0 aliphatic carbocycles. The Morgan fingerprint density at radius 3 is 1.19 bits per heavy atom. The summed E-state index contributed by atoms with van der Waals surface area (Å²) in [6.07, 6.45) is -0.0964. The maximum absolute atomic E-state index is 13.0. The molecule has 318 valence electrons. The van der Waals surface area contributed by atoms with E-state index in [0.29, 0.717) is 97.8 Å². The van der Waals surface area contributed by atoms with Crippen LogP contribution in [-0.4, -0.2) is 186 Å². The number of aliphatic hydroxyl groups is 1. The number of hydrogen-bond donors (Lipinski definition) is 1. The van der Waals surface area contributed by atoms with Crippen LogP contribution in [-0.2, 0) is 46.6 Å².